The molecule has 12 heteroatoms. The number of aromatic amines is 1. The third kappa shape index (κ3) is 4.58. The number of piperidine rings is 1. The molecule has 2 N–H and O–H groups in total. The predicted molar refractivity (Wildman–Crippen MR) is 126 cm³/mol. The van der Waals surface area contributed by atoms with Crippen LogP contribution in [0.1, 0.15) is 48.9 Å². The highest BCUT2D eigenvalue weighted by Crippen LogP contribution is 2.41. The second kappa shape index (κ2) is 8.67. The Balaban J connectivity index is 1.33. The molecule has 2 fully saturated rings. The van der Waals surface area contributed by atoms with E-state index in [1.807, 2.05) is 4.90 Å². The van der Waals surface area contributed by atoms with Gasteiger partial charge in [-0.3, -0.25) is 15.2 Å². The first-order chi connectivity index (χ1) is 16.3. The van der Waals surface area contributed by atoms with Crippen molar-refractivity contribution in [3.8, 4) is 0 Å². The number of sulfone groups is 1. The lowest BCUT2D eigenvalue weighted by atomic mass is 9.93. The molecule has 34 heavy (non-hydrogen) atoms. The number of aromatic nitrogens is 4. The second-order valence-electron chi connectivity index (χ2n) is 8.86. The van der Waals surface area contributed by atoms with Crippen molar-refractivity contribution in [2.24, 2.45) is 0 Å². The molecule has 3 aromatic rings. The molecule has 1 aliphatic heterocycles. The zero-order chi connectivity index (χ0) is 23.9. The van der Waals surface area contributed by atoms with Crippen molar-refractivity contribution in [1.29, 1.82) is 0 Å². The third-order valence-electron chi connectivity index (χ3n) is 6.38. The van der Waals surface area contributed by atoms with Gasteiger partial charge in [-0.15, -0.1) is 0 Å². The average molecular weight is 484 g/mol. The fourth-order valence-corrected chi connectivity index (χ4v) is 4.97. The highest BCUT2D eigenvalue weighted by Gasteiger charge is 2.32. The molecule has 178 valence electrons. The quantitative estimate of drug-likeness (QED) is 0.380. The Morgan fingerprint density at radius 1 is 1.09 bits per heavy atom. The van der Waals surface area contributed by atoms with Gasteiger partial charge in [-0.1, -0.05) is 0 Å². The van der Waals surface area contributed by atoms with E-state index < -0.39 is 14.8 Å². The van der Waals surface area contributed by atoms with E-state index in [9.17, 15) is 18.5 Å². The molecule has 1 aliphatic carbocycles. The normalized spacial score (nSPS) is 17.0. The lowest BCUT2D eigenvalue weighted by molar-refractivity contribution is -0.383. The number of anilines is 3. The molecule has 1 saturated heterocycles. The highest BCUT2D eigenvalue weighted by atomic mass is 32.2. The lowest BCUT2D eigenvalue weighted by Crippen LogP contribution is -2.34. The largest absolute Gasteiger partial charge is 0.353 e. The first kappa shape index (κ1) is 22.3. The van der Waals surface area contributed by atoms with Crippen LogP contribution in [-0.4, -0.2) is 52.9 Å². The van der Waals surface area contributed by atoms with Gasteiger partial charge >= 0.3 is 5.69 Å². The molecule has 0 unspecified atom stereocenters. The van der Waals surface area contributed by atoms with Crippen LogP contribution >= 0.6 is 0 Å². The fourth-order valence-electron chi connectivity index (χ4n) is 4.34. The molecule has 5 rings (SSSR count). The van der Waals surface area contributed by atoms with Crippen LogP contribution in [0.3, 0.4) is 0 Å². The number of benzene rings is 1. The number of nitrogens with one attached hydrogen (secondary N) is 2. The van der Waals surface area contributed by atoms with Gasteiger partial charge in [0.1, 0.15) is 6.33 Å². The summed E-state index contributed by atoms with van der Waals surface area (Å²) in [5, 5.41) is 22.6. The van der Waals surface area contributed by atoms with Gasteiger partial charge in [-0.2, -0.15) is 5.10 Å². The topological polar surface area (TPSA) is 147 Å². The van der Waals surface area contributed by atoms with Gasteiger partial charge in [0, 0.05) is 42.6 Å². The van der Waals surface area contributed by atoms with Gasteiger partial charge in [0.05, 0.1) is 15.5 Å². The lowest BCUT2D eigenvalue weighted by Gasteiger charge is -2.32. The van der Waals surface area contributed by atoms with E-state index in [-0.39, 0.29) is 22.2 Å². The highest BCUT2D eigenvalue weighted by molar-refractivity contribution is 7.90. The summed E-state index contributed by atoms with van der Waals surface area (Å²) in [4.78, 5) is 21.9. The van der Waals surface area contributed by atoms with E-state index in [2.05, 4.69) is 31.5 Å². The molecular formula is C22H25N7O4S. The van der Waals surface area contributed by atoms with Gasteiger partial charge in [0.15, 0.2) is 9.84 Å². The SMILES string of the molecule is CS(=O)(=O)c1ccc(Nc2ncnc(N3CCC(c4cc(C5CC5)n[nH]4)CC3)c2[N+](=O)[O-])cc1. The van der Waals surface area contributed by atoms with Crippen LogP contribution in [0.5, 0.6) is 0 Å². The number of hydrogen-bond donors (Lipinski definition) is 2. The summed E-state index contributed by atoms with van der Waals surface area (Å²) < 4.78 is 23.3. The Bertz CT molecular complexity index is 1310. The van der Waals surface area contributed by atoms with Crippen LogP contribution in [0.4, 0.5) is 23.0 Å². The number of nitrogens with zero attached hydrogens (tertiary/aromatic N) is 5. The number of hydrogen-bond acceptors (Lipinski definition) is 9. The Morgan fingerprint density at radius 3 is 2.41 bits per heavy atom. The first-order valence-corrected chi connectivity index (χ1v) is 13.1. The second-order valence-corrected chi connectivity index (χ2v) is 10.9. The zero-order valence-electron chi connectivity index (χ0n) is 18.6. The summed E-state index contributed by atoms with van der Waals surface area (Å²) in [5.41, 5.74) is 2.57. The molecule has 11 nitrogen and oxygen atoms in total. The summed E-state index contributed by atoms with van der Waals surface area (Å²) >= 11 is 0. The Morgan fingerprint density at radius 2 is 1.79 bits per heavy atom. The number of rotatable bonds is 7. The van der Waals surface area contributed by atoms with Crippen molar-refractivity contribution in [1.82, 2.24) is 20.2 Å². The van der Waals surface area contributed by atoms with Gasteiger partial charge in [-0.05, 0) is 56.0 Å². The van der Waals surface area contributed by atoms with Crippen molar-refractivity contribution >= 4 is 32.8 Å². The molecular weight excluding hydrogens is 458 g/mol. The van der Waals surface area contributed by atoms with E-state index >= 15 is 0 Å². The van der Waals surface area contributed by atoms with Crippen LogP contribution in [0.15, 0.2) is 41.6 Å². The van der Waals surface area contributed by atoms with Crippen molar-refractivity contribution in [3.63, 3.8) is 0 Å². The van der Waals surface area contributed by atoms with Crippen LogP contribution in [0.25, 0.3) is 0 Å². The monoisotopic (exact) mass is 483 g/mol. The standard InChI is InChI=1S/C22H25N7O4S/c1-34(32,33)17-6-4-16(5-7-17)25-21-20(29(30)31)22(24-13-23-21)28-10-8-15(9-11-28)19-12-18(26-27-19)14-2-3-14/h4-7,12-15H,2-3,8-11H2,1H3,(H,26,27)(H,23,24,25). The Labute approximate surface area is 196 Å². The van der Waals surface area contributed by atoms with Gasteiger partial charge < -0.3 is 10.2 Å². The number of nitro groups is 1. The molecule has 1 saturated carbocycles. The minimum absolute atomic E-state index is 0.0619. The van der Waals surface area contributed by atoms with Crippen LogP contribution in [0.2, 0.25) is 0 Å². The molecule has 3 heterocycles. The molecule has 0 radical (unpaired) electrons. The summed E-state index contributed by atoms with van der Waals surface area (Å²) in [6.07, 6.45) is 6.51. The van der Waals surface area contributed by atoms with Crippen LogP contribution in [0, 0.1) is 10.1 Å². The van der Waals surface area contributed by atoms with E-state index in [4.69, 9.17) is 0 Å². The molecule has 0 spiro atoms. The molecule has 2 aliphatic rings. The van der Waals surface area contributed by atoms with Crippen LogP contribution in [-0.2, 0) is 9.84 Å². The van der Waals surface area contributed by atoms with E-state index in [0.717, 1.165) is 30.5 Å². The Hall–Kier alpha value is -3.54. The predicted octanol–water partition coefficient (Wildman–Crippen LogP) is 3.52. The molecule has 0 atom stereocenters. The first-order valence-electron chi connectivity index (χ1n) is 11.2. The average Bonchev–Trinajstić information content (AvgIpc) is 3.55. The fraction of sp³-hybridized carbons (Fsp3) is 0.409. The minimum atomic E-state index is -3.33. The van der Waals surface area contributed by atoms with Crippen LogP contribution < -0.4 is 10.2 Å². The van der Waals surface area contributed by atoms with E-state index in [1.165, 1.54) is 31.3 Å². The summed E-state index contributed by atoms with van der Waals surface area (Å²) in [7, 11) is -3.33. The van der Waals surface area contributed by atoms with Crippen molar-refractivity contribution < 1.29 is 13.3 Å². The van der Waals surface area contributed by atoms with Crippen molar-refractivity contribution in [3.05, 3.63) is 58.2 Å². The minimum Gasteiger partial charge on any atom is -0.351 e. The zero-order valence-corrected chi connectivity index (χ0v) is 19.5. The Kier molecular flexibility index (Phi) is 5.68. The van der Waals surface area contributed by atoms with E-state index in [1.54, 1.807) is 12.1 Å². The molecule has 0 bridgehead atoms. The van der Waals surface area contributed by atoms with E-state index in [0.29, 0.717) is 30.6 Å². The summed E-state index contributed by atoms with van der Waals surface area (Å²) in [5.74, 6) is 1.27. The van der Waals surface area contributed by atoms with Gasteiger partial charge in [-0.25, -0.2) is 18.4 Å². The summed E-state index contributed by atoms with van der Waals surface area (Å²) in [6, 6.07) is 8.16. The molecule has 1 aromatic carbocycles. The molecule has 0 amide bonds. The van der Waals surface area contributed by atoms with Gasteiger partial charge in [0.2, 0.25) is 11.6 Å². The van der Waals surface area contributed by atoms with Crippen molar-refractivity contribution in [2.45, 2.75) is 42.4 Å². The summed E-state index contributed by atoms with van der Waals surface area (Å²) in [6.45, 7) is 1.26. The molecule has 2 aromatic heterocycles. The number of H-pyrrole nitrogens is 1. The van der Waals surface area contributed by atoms with Crippen molar-refractivity contribution in [2.75, 3.05) is 29.6 Å². The maximum Gasteiger partial charge on any atom is 0.353 e. The third-order valence-corrected chi connectivity index (χ3v) is 7.51. The maximum atomic E-state index is 12.0. The smallest absolute Gasteiger partial charge is 0.351 e. The van der Waals surface area contributed by atoms with Gasteiger partial charge in [0.25, 0.3) is 0 Å². The maximum absolute atomic E-state index is 12.0.